The van der Waals surface area contributed by atoms with Crippen molar-refractivity contribution < 1.29 is 9.53 Å². The molecule has 0 saturated carbocycles. The van der Waals surface area contributed by atoms with E-state index in [0.29, 0.717) is 6.54 Å². The Bertz CT molecular complexity index is 682. The third-order valence-corrected chi connectivity index (χ3v) is 4.16. The number of nitrogens with one attached hydrogen (secondary N) is 2. The van der Waals surface area contributed by atoms with Crippen LogP contribution in [0.25, 0.3) is 0 Å². The second-order valence-electron chi connectivity index (χ2n) is 4.71. The lowest BCUT2D eigenvalue weighted by atomic mass is 10.2. The minimum absolute atomic E-state index is 0.0684. The van der Waals surface area contributed by atoms with Crippen molar-refractivity contribution in [2.24, 2.45) is 0 Å². The van der Waals surface area contributed by atoms with E-state index >= 15 is 0 Å². The van der Waals surface area contributed by atoms with E-state index in [-0.39, 0.29) is 16.7 Å². The summed E-state index contributed by atoms with van der Waals surface area (Å²) in [5.41, 5.74) is 0.603. The van der Waals surface area contributed by atoms with Crippen molar-refractivity contribution in [2.75, 3.05) is 7.11 Å². The molecule has 2 N–H and O–H groups in total. The lowest BCUT2D eigenvalue weighted by Crippen LogP contribution is -2.30. The fraction of sp³-hybridized carbons (Fsp3) is 0.250. The first kappa shape index (κ1) is 16.2. The van der Waals surface area contributed by atoms with E-state index in [9.17, 15) is 9.59 Å². The smallest absolute Gasteiger partial charge is 0.248 e. The van der Waals surface area contributed by atoms with Crippen molar-refractivity contribution in [2.45, 2.75) is 23.6 Å². The van der Waals surface area contributed by atoms with Crippen LogP contribution in [-0.2, 0) is 11.3 Å². The van der Waals surface area contributed by atoms with Gasteiger partial charge in [0.15, 0.2) is 0 Å². The number of methoxy groups -OCH3 is 1. The van der Waals surface area contributed by atoms with Crippen molar-refractivity contribution in [3.63, 3.8) is 0 Å². The average Bonchev–Trinajstić information content (AvgIpc) is 2.53. The van der Waals surface area contributed by atoms with Crippen molar-refractivity contribution in [3.8, 4) is 5.75 Å². The second kappa shape index (κ2) is 7.70. The maximum Gasteiger partial charge on any atom is 0.248 e. The number of aromatic amines is 1. The van der Waals surface area contributed by atoms with Gasteiger partial charge in [-0.25, -0.2) is 0 Å². The molecular weight excluding hydrogens is 300 g/mol. The zero-order valence-electron chi connectivity index (χ0n) is 12.5. The molecule has 1 aromatic heterocycles. The highest BCUT2D eigenvalue weighted by molar-refractivity contribution is 8.00. The molecule has 1 amide bonds. The Morgan fingerprint density at radius 3 is 2.68 bits per heavy atom. The Morgan fingerprint density at radius 1 is 1.32 bits per heavy atom. The number of ether oxygens (including phenoxy) is 1. The van der Waals surface area contributed by atoms with Gasteiger partial charge < -0.3 is 15.0 Å². The van der Waals surface area contributed by atoms with Crippen LogP contribution >= 0.6 is 11.8 Å². The molecule has 0 aliphatic heterocycles. The summed E-state index contributed by atoms with van der Waals surface area (Å²) < 4.78 is 5.10. The number of pyridine rings is 1. The van der Waals surface area contributed by atoms with Gasteiger partial charge in [0.2, 0.25) is 11.5 Å². The number of amides is 1. The van der Waals surface area contributed by atoms with Gasteiger partial charge >= 0.3 is 0 Å². The Balaban J connectivity index is 1.87. The lowest BCUT2D eigenvalue weighted by Gasteiger charge is -2.12. The molecule has 2 aromatic rings. The molecule has 0 spiro atoms. The Labute approximate surface area is 133 Å². The number of carbonyl (C=O) groups excluding carboxylic acids is 1. The molecule has 5 nitrogen and oxygen atoms in total. The molecule has 1 atom stereocenters. The molecule has 1 aromatic carbocycles. The summed E-state index contributed by atoms with van der Waals surface area (Å²) in [4.78, 5) is 26.8. The topological polar surface area (TPSA) is 71.2 Å². The normalized spacial score (nSPS) is 11.7. The number of hydrogen-bond donors (Lipinski definition) is 2. The molecule has 0 radical (unpaired) electrons. The van der Waals surface area contributed by atoms with E-state index < -0.39 is 0 Å². The SMILES string of the molecule is COc1ccc(S[C@@H](C)C(=O)NCc2cc[nH]c(=O)c2)cc1. The van der Waals surface area contributed by atoms with E-state index in [0.717, 1.165) is 16.2 Å². The molecule has 0 saturated heterocycles. The summed E-state index contributed by atoms with van der Waals surface area (Å²) in [7, 11) is 1.62. The molecule has 0 aliphatic rings. The summed E-state index contributed by atoms with van der Waals surface area (Å²) >= 11 is 1.47. The molecule has 22 heavy (non-hydrogen) atoms. The summed E-state index contributed by atoms with van der Waals surface area (Å²) in [5, 5.41) is 2.61. The van der Waals surface area contributed by atoms with Gasteiger partial charge in [-0.2, -0.15) is 0 Å². The quantitative estimate of drug-likeness (QED) is 0.801. The molecule has 0 fully saturated rings. The maximum absolute atomic E-state index is 12.1. The van der Waals surface area contributed by atoms with Gasteiger partial charge in [-0.05, 0) is 42.8 Å². The standard InChI is InChI=1S/C16H18N2O3S/c1-11(22-14-5-3-13(21-2)4-6-14)16(20)18-10-12-7-8-17-15(19)9-12/h3-9,11H,10H2,1-2H3,(H,17,19)(H,18,20)/t11-/m0/s1. The van der Waals surface area contributed by atoms with E-state index in [1.165, 1.54) is 17.8 Å². The van der Waals surface area contributed by atoms with E-state index in [1.807, 2.05) is 31.2 Å². The highest BCUT2D eigenvalue weighted by Crippen LogP contribution is 2.25. The number of benzene rings is 1. The third-order valence-electron chi connectivity index (χ3n) is 3.05. The predicted molar refractivity (Wildman–Crippen MR) is 87.2 cm³/mol. The number of H-pyrrole nitrogens is 1. The summed E-state index contributed by atoms with van der Waals surface area (Å²) in [5.74, 6) is 0.719. The summed E-state index contributed by atoms with van der Waals surface area (Å²) in [6.07, 6.45) is 1.57. The second-order valence-corrected chi connectivity index (χ2v) is 6.13. The molecule has 6 heteroatoms. The largest absolute Gasteiger partial charge is 0.497 e. The summed E-state index contributed by atoms with van der Waals surface area (Å²) in [6.45, 7) is 2.19. The molecule has 0 bridgehead atoms. The monoisotopic (exact) mass is 318 g/mol. The van der Waals surface area contributed by atoms with Crippen LogP contribution in [0.5, 0.6) is 5.75 Å². The fourth-order valence-corrected chi connectivity index (χ4v) is 2.74. The highest BCUT2D eigenvalue weighted by Gasteiger charge is 2.14. The van der Waals surface area contributed by atoms with Crippen molar-refractivity contribution in [3.05, 3.63) is 58.5 Å². The van der Waals surface area contributed by atoms with Crippen LogP contribution in [0.3, 0.4) is 0 Å². The molecule has 1 heterocycles. The van der Waals surface area contributed by atoms with Crippen LogP contribution in [0.4, 0.5) is 0 Å². The molecule has 2 rings (SSSR count). The van der Waals surface area contributed by atoms with Crippen LogP contribution in [0.15, 0.2) is 52.3 Å². The molecular formula is C16H18N2O3S. The first-order valence-corrected chi connectivity index (χ1v) is 7.72. The number of aromatic nitrogens is 1. The Hall–Kier alpha value is -2.21. The molecule has 0 unspecified atom stereocenters. The van der Waals surface area contributed by atoms with Crippen LogP contribution in [0, 0.1) is 0 Å². The Kier molecular flexibility index (Phi) is 5.66. The van der Waals surface area contributed by atoms with E-state index in [2.05, 4.69) is 10.3 Å². The van der Waals surface area contributed by atoms with Crippen LogP contribution in [-0.4, -0.2) is 23.3 Å². The first-order valence-electron chi connectivity index (χ1n) is 6.84. The van der Waals surface area contributed by atoms with Gasteiger partial charge in [0.1, 0.15) is 5.75 Å². The highest BCUT2D eigenvalue weighted by atomic mass is 32.2. The van der Waals surface area contributed by atoms with Crippen molar-refractivity contribution >= 4 is 17.7 Å². The lowest BCUT2D eigenvalue weighted by molar-refractivity contribution is -0.120. The van der Waals surface area contributed by atoms with Crippen molar-refractivity contribution in [1.29, 1.82) is 0 Å². The summed E-state index contributed by atoms with van der Waals surface area (Å²) in [6, 6.07) is 10.8. The molecule has 116 valence electrons. The molecule has 0 aliphatic carbocycles. The third kappa shape index (κ3) is 4.66. The predicted octanol–water partition coefficient (Wildman–Crippen LogP) is 2.18. The van der Waals surface area contributed by atoms with Gasteiger partial charge in [-0.15, -0.1) is 11.8 Å². The van der Waals surface area contributed by atoms with Crippen LogP contribution in [0.1, 0.15) is 12.5 Å². The first-order chi connectivity index (χ1) is 10.6. The zero-order chi connectivity index (χ0) is 15.9. The van der Waals surface area contributed by atoms with Gasteiger partial charge in [-0.1, -0.05) is 0 Å². The average molecular weight is 318 g/mol. The number of carbonyl (C=O) groups is 1. The van der Waals surface area contributed by atoms with Crippen LogP contribution < -0.4 is 15.6 Å². The number of rotatable bonds is 6. The zero-order valence-corrected chi connectivity index (χ0v) is 13.3. The van der Waals surface area contributed by atoms with Crippen molar-refractivity contribution in [1.82, 2.24) is 10.3 Å². The van der Waals surface area contributed by atoms with Gasteiger partial charge in [0.25, 0.3) is 0 Å². The minimum Gasteiger partial charge on any atom is -0.497 e. The Morgan fingerprint density at radius 2 is 2.05 bits per heavy atom. The van der Waals surface area contributed by atoms with Crippen LogP contribution in [0.2, 0.25) is 0 Å². The van der Waals surface area contributed by atoms with E-state index in [1.54, 1.807) is 19.4 Å². The maximum atomic E-state index is 12.1. The number of thioether (sulfide) groups is 1. The number of hydrogen-bond acceptors (Lipinski definition) is 4. The fourth-order valence-electron chi connectivity index (χ4n) is 1.84. The van der Waals surface area contributed by atoms with Gasteiger partial charge in [-0.3, -0.25) is 9.59 Å². The minimum atomic E-state index is -0.226. The van der Waals surface area contributed by atoms with E-state index in [4.69, 9.17) is 4.74 Å². The van der Waals surface area contributed by atoms with Gasteiger partial charge in [0.05, 0.1) is 12.4 Å². The van der Waals surface area contributed by atoms with Gasteiger partial charge in [0, 0.05) is 23.7 Å².